The number of nitrogens with one attached hydrogen (secondary N) is 1. The zero-order valence-corrected chi connectivity index (χ0v) is 12.9. The van der Waals surface area contributed by atoms with E-state index in [0.29, 0.717) is 10.0 Å². The predicted octanol–water partition coefficient (Wildman–Crippen LogP) is 5.47. The molecule has 1 N–H and O–H groups in total. The van der Waals surface area contributed by atoms with Gasteiger partial charge in [-0.1, -0.05) is 36.2 Å². The van der Waals surface area contributed by atoms with Crippen molar-refractivity contribution in [1.29, 1.82) is 0 Å². The van der Waals surface area contributed by atoms with Crippen molar-refractivity contribution in [2.24, 2.45) is 0 Å². The summed E-state index contributed by atoms with van der Waals surface area (Å²) >= 11 is 12.3. The van der Waals surface area contributed by atoms with E-state index in [0.717, 1.165) is 23.2 Å². The molecule has 1 nitrogen and oxygen atoms in total. The SMILES string of the molecule is CCNC(C)c1ccc(F)cc1-c1cc(Cl)ccc1Cl. The average Bonchev–Trinajstić information content (AvgIpc) is 2.41. The van der Waals surface area contributed by atoms with Crippen LogP contribution in [0.1, 0.15) is 25.5 Å². The Bertz CT molecular complexity index is 613. The van der Waals surface area contributed by atoms with Gasteiger partial charge >= 0.3 is 0 Å². The predicted molar refractivity (Wildman–Crippen MR) is 83.9 cm³/mol. The third-order valence-corrected chi connectivity index (χ3v) is 3.78. The van der Waals surface area contributed by atoms with E-state index in [4.69, 9.17) is 23.2 Å². The molecule has 0 saturated heterocycles. The van der Waals surface area contributed by atoms with Gasteiger partial charge in [-0.25, -0.2) is 4.39 Å². The number of hydrogen-bond donors (Lipinski definition) is 1. The first-order chi connectivity index (χ1) is 9.52. The van der Waals surface area contributed by atoms with Crippen molar-refractivity contribution in [1.82, 2.24) is 5.32 Å². The molecule has 0 saturated carbocycles. The molecule has 1 unspecified atom stereocenters. The molecular formula is C16H16Cl2FN. The number of rotatable bonds is 4. The summed E-state index contributed by atoms with van der Waals surface area (Å²) < 4.78 is 13.6. The summed E-state index contributed by atoms with van der Waals surface area (Å²) in [6.45, 7) is 4.91. The Morgan fingerprint density at radius 3 is 2.55 bits per heavy atom. The van der Waals surface area contributed by atoms with Gasteiger partial charge in [0.25, 0.3) is 0 Å². The van der Waals surface area contributed by atoms with Crippen LogP contribution in [0.4, 0.5) is 4.39 Å². The molecule has 0 aromatic heterocycles. The van der Waals surface area contributed by atoms with Crippen molar-refractivity contribution in [2.75, 3.05) is 6.54 Å². The van der Waals surface area contributed by atoms with E-state index in [2.05, 4.69) is 5.32 Å². The summed E-state index contributed by atoms with van der Waals surface area (Å²) in [5.74, 6) is -0.288. The molecule has 2 aromatic rings. The Morgan fingerprint density at radius 2 is 1.85 bits per heavy atom. The van der Waals surface area contributed by atoms with Crippen LogP contribution in [0.2, 0.25) is 10.0 Å². The largest absolute Gasteiger partial charge is 0.310 e. The lowest BCUT2D eigenvalue weighted by molar-refractivity contribution is 0.593. The van der Waals surface area contributed by atoms with E-state index in [9.17, 15) is 4.39 Å². The average molecular weight is 312 g/mol. The van der Waals surface area contributed by atoms with Gasteiger partial charge in [0.1, 0.15) is 5.82 Å². The van der Waals surface area contributed by atoms with Gasteiger partial charge in [0.15, 0.2) is 0 Å². The Labute approximate surface area is 128 Å². The molecule has 0 aliphatic carbocycles. The molecule has 0 spiro atoms. The summed E-state index contributed by atoms with van der Waals surface area (Å²) in [6.07, 6.45) is 0. The fourth-order valence-corrected chi connectivity index (χ4v) is 2.65. The van der Waals surface area contributed by atoms with E-state index >= 15 is 0 Å². The molecule has 20 heavy (non-hydrogen) atoms. The third kappa shape index (κ3) is 3.32. The minimum atomic E-state index is -0.288. The highest BCUT2D eigenvalue weighted by molar-refractivity contribution is 6.35. The molecule has 1 atom stereocenters. The van der Waals surface area contributed by atoms with Crippen molar-refractivity contribution in [3.05, 3.63) is 57.8 Å². The van der Waals surface area contributed by atoms with Crippen LogP contribution in [0.5, 0.6) is 0 Å². The molecule has 2 aromatic carbocycles. The van der Waals surface area contributed by atoms with Crippen LogP contribution in [0.25, 0.3) is 11.1 Å². The smallest absolute Gasteiger partial charge is 0.123 e. The molecule has 4 heteroatoms. The maximum atomic E-state index is 13.6. The molecule has 0 fully saturated rings. The van der Waals surface area contributed by atoms with Crippen molar-refractivity contribution in [3.8, 4) is 11.1 Å². The highest BCUT2D eigenvalue weighted by Crippen LogP contribution is 2.35. The van der Waals surface area contributed by atoms with E-state index in [1.807, 2.05) is 13.8 Å². The lowest BCUT2D eigenvalue weighted by Gasteiger charge is -2.18. The normalized spacial score (nSPS) is 12.4. The maximum absolute atomic E-state index is 13.6. The van der Waals surface area contributed by atoms with E-state index in [-0.39, 0.29) is 11.9 Å². The Hall–Kier alpha value is -1.09. The van der Waals surface area contributed by atoms with Crippen LogP contribution < -0.4 is 5.32 Å². The fourth-order valence-electron chi connectivity index (χ4n) is 2.26. The second-order valence-corrected chi connectivity index (χ2v) is 5.48. The first-order valence-corrected chi connectivity index (χ1v) is 7.26. The zero-order valence-electron chi connectivity index (χ0n) is 11.4. The second kappa shape index (κ2) is 6.57. The quantitative estimate of drug-likeness (QED) is 0.789. The van der Waals surface area contributed by atoms with E-state index in [1.54, 1.807) is 24.3 Å². The van der Waals surface area contributed by atoms with Gasteiger partial charge in [-0.05, 0) is 54.9 Å². The van der Waals surface area contributed by atoms with Gasteiger partial charge in [0, 0.05) is 21.7 Å². The molecule has 0 radical (unpaired) electrons. The van der Waals surface area contributed by atoms with Crippen LogP contribution in [-0.2, 0) is 0 Å². The third-order valence-electron chi connectivity index (χ3n) is 3.21. The highest BCUT2D eigenvalue weighted by atomic mass is 35.5. The lowest BCUT2D eigenvalue weighted by Crippen LogP contribution is -2.18. The Morgan fingerprint density at radius 1 is 1.10 bits per heavy atom. The maximum Gasteiger partial charge on any atom is 0.123 e. The molecule has 0 amide bonds. The van der Waals surface area contributed by atoms with Crippen molar-refractivity contribution in [2.45, 2.75) is 19.9 Å². The van der Waals surface area contributed by atoms with Crippen molar-refractivity contribution >= 4 is 23.2 Å². The van der Waals surface area contributed by atoms with Crippen molar-refractivity contribution in [3.63, 3.8) is 0 Å². The summed E-state index contributed by atoms with van der Waals surface area (Å²) in [5.41, 5.74) is 2.52. The van der Waals surface area contributed by atoms with Gasteiger partial charge in [0.2, 0.25) is 0 Å². The Balaban J connectivity index is 2.59. The summed E-state index contributed by atoms with van der Waals surface area (Å²) in [6, 6.07) is 10.1. The van der Waals surface area contributed by atoms with Crippen LogP contribution in [0, 0.1) is 5.82 Å². The first-order valence-electron chi connectivity index (χ1n) is 6.51. The second-order valence-electron chi connectivity index (χ2n) is 4.64. The first kappa shape index (κ1) is 15.3. The standard InChI is InChI=1S/C16H16Cl2FN/c1-3-20-10(2)13-6-5-12(19)9-14(13)15-8-11(17)4-7-16(15)18/h4-10,20H,3H2,1-2H3. The minimum absolute atomic E-state index is 0.102. The van der Waals surface area contributed by atoms with Gasteiger partial charge in [-0.2, -0.15) is 0 Å². The number of halogens is 3. The number of benzene rings is 2. The fraction of sp³-hybridized carbons (Fsp3) is 0.250. The summed E-state index contributed by atoms with van der Waals surface area (Å²) in [7, 11) is 0. The van der Waals surface area contributed by atoms with Crippen LogP contribution in [-0.4, -0.2) is 6.54 Å². The van der Waals surface area contributed by atoms with Crippen LogP contribution >= 0.6 is 23.2 Å². The van der Waals surface area contributed by atoms with Crippen LogP contribution in [0.15, 0.2) is 36.4 Å². The van der Waals surface area contributed by atoms with E-state index < -0.39 is 0 Å². The highest BCUT2D eigenvalue weighted by Gasteiger charge is 2.15. The molecule has 2 rings (SSSR count). The lowest BCUT2D eigenvalue weighted by atomic mass is 9.95. The van der Waals surface area contributed by atoms with Crippen molar-refractivity contribution < 1.29 is 4.39 Å². The molecule has 0 aliphatic heterocycles. The van der Waals surface area contributed by atoms with Gasteiger partial charge in [-0.15, -0.1) is 0 Å². The Kier molecular flexibility index (Phi) is 5.03. The molecule has 0 aliphatic rings. The molecule has 0 heterocycles. The van der Waals surface area contributed by atoms with Crippen LogP contribution in [0.3, 0.4) is 0 Å². The molecule has 0 bridgehead atoms. The summed E-state index contributed by atoms with van der Waals surface area (Å²) in [5, 5.41) is 4.47. The monoisotopic (exact) mass is 311 g/mol. The number of hydrogen-bond acceptors (Lipinski definition) is 1. The van der Waals surface area contributed by atoms with E-state index in [1.165, 1.54) is 12.1 Å². The van der Waals surface area contributed by atoms with Gasteiger partial charge in [0.05, 0.1) is 0 Å². The molecular weight excluding hydrogens is 296 g/mol. The zero-order chi connectivity index (χ0) is 14.7. The van der Waals surface area contributed by atoms with Gasteiger partial charge in [-0.3, -0.25) is 0 Å². The van der Waals surface area contributed by atoms with Gasteiger partial charge < -0.3 is 5.32 Å². The minimum Gasteiger partial charge on any atom is -0.310 e. The topological polar surface area (TPSA) is 12.0 Å². The summed E-state index contributed by atoms with van der Waals surface area (Å²) in [4.78, 5) is 0. The molecule has 106 valence electrons.